The largest absolute Gasteiger partial charge is 0.428 e. The Hall–Kier alpha value is -0.780. The minimum atomic E-state index is -4.33. The maximum atomic E-state index is 11.8. The van der Waals surface area contributed by atoms with Crippen LogP contribution in [0.1, 0.15) is 6.42 Å². The Morgan fingerprint density at radius 3 is 2.55 bits per heavy atom. The summed E-state index contributed by atoms with van der Waals surface area (Å²) < 4.78 is 35.5. The Kier molecular flexibility index (Phi) is 2.03. The van der Waals surface area contributed by atoms with Crippen LogP contribution in [0, 0.1) is 0 Å². The predicted octanol–water partition coefficient (Wildman–Crippen LogP) is 0.652. The lowest BCUT2D eigenvalue weighted by Crippen LogP contribution is -2.29. The highest BCUT2D eigenvalue weighted by Crippen LogP contribution is 2.28. The van der Waals surface area contributed by atoms with Crippen LogP contribution in [-0.4, -0.2) is 24.5 Å². The number of rotatable bonds is 1. The molecular weight excluding hydrogens is 161 g/mol. The Morgan fingerprint density at radius 2 is 2.27 bits per heavy atom. The van der Waals surface area contributed by atoms with Crippen LogP contribution in [0.4, 0.5) is 13.2 Å². The maximum Gasteiger partial charge on any atom is 0.428 e. The van der Waals surface area contributed by atoms with Gasteiger partial charge < -0.3 is 10.6 Å². The second-order valence-electron chi connectivity index (χ2n) is 2.20. The van der Waals surface area contributed by atoms with Gasteiger partial charge in [-0.3, -0.25) is 0 Å². The minimum Gasteiger partial charge on any atom is -0.382 e. The first-order valence-corrected chi connectivity index (χ1v) is 3.02. The SMILES string of the molecule is NCC1=NOC(C(F)(F)F)C1. The standard InChI is InChI=1S/C5H7F3N2O/c6-5(7,8)4-1-3(2-9)10-11-4/h4H,1-2,9H2. The summed E-state index contributed by atoms with van der Waals surface area (Å²) in [5, 5.41) is 3.17. The smallest absolute Gasteiger partial charge is 0.382 e. The fraction of sp³-hybridized carbons (Fsp3) is 0.800. The highest BCUT2D eigenvalue weighted by atomic mass is 19.4. The summed E-state index contributed by atoms with van der Waals surface area (Å²) in [7, 11) is 0. The predicted molar refractivity (Wildman–Crippen MR) is 32.0 cm³/mol. The highest BCUT2D eigenvalue weighted by Gasteiger charge is 2.45. The number of alkyl halides is 3. The van der Waals surface area contributed by atoms with Crippen LogP contribution in [-0.2, 0) is 4.84 Å². The summed E-state index contributed by atoms with van der Waals surface area (Å²) in [5.41, 5.74) is 5.32. The molecule has 11 heavy (non-hydrogen) atoms. The highest BCUT2D eigenvalue weighted by molar-refractivity contribution is 5.87. The number of halogens is 3. The third kappa shape index (κ3) is 1.83. The maximum absolute atomic E-state index is 11.8. The first kappa shape index (κ1) is 8.32. The molecular formula is C5H7F3N2O. The summed E-state index contributed by atoms with van der Waals surface area (Å²) >= 11 is 0. The van der Waals surface area contributed by atoms with Crippen molar-refractivity contribution in [2.75, 3.05) is 6.54 Å². The van der Waals surface area contributed by atoms with Crippen molar-refractivity contribution in [3.63, 3.8) is 0 Å². The van der Waals surface area contributed by atoms with Crippen LogP contribution >= 0.6 is 0 Å². The molecule has 0 aromatic carbocycles. The fourth-order valence-electron chi connectivity index (χ4n) is 0.723. The Balaban J connectivity index is 2.48. The van der Waals surface area contributed by atoms with Gasteiger partial charge in [0.1, 0.15) is 0 Å². The van der Waals surface area contributed by atoms with Crippen LogP contribution in [0.25, 0.3) is 0 Å². The van der Waals surface area contributed by atoms with Crippen molar-refractivity contribution < 1.29 is 18.0 Å². The summed E-state index contributed by atoms with van der Waals surface area (Å²) in [6.45, 7) is 0.0204. The van der Waals surface area contributed by atoms with E-state index in [-0.39, 0.29) is 18.7 Å². The molecule has 1 unspecified atom stereocenters. The van der Waals surface area contributed by atoms with E-state index in [1.54, 1.807) is 0 Å². The average Bonchev–Trinajstić information content (AvgIpc) is 2.32. The number of oxime groups is 1. The molecule has 0 amide bonds. The van der Waals surface area contributed by atoms with Gasteiger partial charge in [-0.2, -0.15) is 13.2 Å². The van der Waals surface area contributed by atoms with Crippen molar-refractivity contribution >= 4 is 5.71 Å². The third-order valence-electron chi connectivity index (χ3n) is 1.33. The van der Waals surface area contributed by atoms with E-state index in [9.17, 15) is 13.2 Å². The van der Waals surface area contributed by atoms with E-state index >= 15 is 0 Å². The third-order valence-corrected chi connectivity index (χ3v) is 1.33. The topological polar surface area (TPSA) is 47.6 Å². The lowest BCUT2D eigenvalue weighted by Gasteiger charge is -2.11. The van der Waals surface area contributed by atoms with E-state index in [0.717, 1.165) is 0 Å². The molecule has 0 saturated carbocycles. The normalized spacial score (nSPS) is 24.7. The molecule has 2 N–H and O–H groups in total. The summed E-state index contributed by atoms with van der Waals surface area (Å²) in [6, 6.07) is 0. The van der Waals surface area contributed by atoms with Gasteiger partial charge in [-0.05, 0) is 0 Å². The summed E-state index contributed by atoms with van der Waals surface area (Å²) in [6.07, 6.45) is -6.36. The Morgan fingerprint density at radius 1 is 1.64 bits per heavy atom. The molecule has 1 aliphatic heterocycles. The quantitative estimate of drug-likeness (QED) is 0.624. The number of nitrogens with two attached hydrogens (primary N) is 1. The Labute approximate surface area is 61.0 Å². The van der Waals surface area contributed by atoms with Gasteiger partial charge in [0, 0.05) is 13.0 Å². The zero-order valence-corrected chi connectivity index (χ0v) is 5.56. The molecule has 1 atom stereocenters. The zero-order valence-electron chi connectivity index (χ0n) is 5.56. The van der Waals surface area contributed by atoms with E-state index in [4.69, 9.17) is 5.73 Å². The van der Waals surface area contributed by atoms with Gasteiger partial charge in [-0.25, -0.2) is 0 Å². The van der Waals surface area contributed by atoms with Gasteiger partial charge in [0.05, 0.1) is 5.71 Å². The molecule has 0 saturated heterocycles. The summed E-state index contributed by atoms with van der Waals surface area (Å²) in [5.74, 6) is 0. The van der Waals surface area contributed by atoms with Crippen LogP contribution in [0.15, 0.2) is 5.16 Å². The molecule has 0 radical (unpaired) electrons. The number of hydrogen-bond donors (Lipinski definition) is 1. The van der Waals surface area contributed by atoms with Crippen molar-refractivity contribution in [1.82, 2.24) is 0 Å². The molecule has 3 nitrogen and oxygen atoms in total. The van der Waals surface area contributed by atoms with Gasteiger partial charge in [-0.15, -0.1) is 0 Å². The number of hydrogen-bond acceptors (Lipinski definition) is 3. The molecule has 1 heterocycles. The first-order valence-electron chi connectivity index (χ1n) is 3.02. The summed E-state index contributed by atoms with van der Waals surface area (Å²) in [4.78, 5) is 4.10. The second kappa shape index (κ2) is 2.69. The molecule has 0 aliphatic carbocycles. The van der Waals surface area contributed by atoms with Crippen molar-refractivity contribution in [3.8, 4) is 0 Å². The fourth-order valence-corrected chi connectivity index (χ4v) is 0.723. The molecule has 0 fully saturated rings. The van der Waals surface area contributed by atoms with E-state index in [2.05, 4.69) is 9.99 Å². The monoisotopic (exact) mass is 168 g/mol. The van der Waals surface area contributed by atoms with Crippen molar-refractivity contribution in [1.29, 1.82) is 0 Å². The zero-order chi connectivity index (χ0) is 8.48. The van der Waals surface area contributed by atoms with Gasteiger partial charge in [0.15, 0.2) is 0 Å². The molecule has 0 aromatic rings. The minimum absolute atomic E-state index is 0.0204. The molecule has 64 valence electrons. The molecule has 6 heteroatoms. The van der Waals surface area contributed by atoms with E-state index in [1.165, 1.54) is 0 Å². The molecule has 0 spiro atoms. The van der Waals surface area contributed by atoms with Gasteiger partial charge in [0.2, 0.25) is 6.10 Å². The lowest BCUT2D eigenvalue weighted by atomic mass is 10.2. The van der Waals surface area contributed by atoms with E-state index in [0.29, 0.717) is 0 Å². The Bertz CT molecular complexity index is 177. The number of nitrogens with zero attached hydrogens (tertiary/aromatic N) is 1. The van der Waals surface area contributed by atoms with Gasteiger partial charge in [-0.1, -0.05) is 5.16 Å². The van der Waals surface area contributed by atoms with Crippen LogP contribution in [0.2, 0.25) is 0 Å². The van der Waals surface area contributed by atoms with Crippen molar-refractivity contribution in [2.24, 2.45) is 10.9 Å². The van der Waals surface area contributed by atoms with Crippen LogP contribution < -0.4 is 5.73 Å². The molecule has 0 bridgehead atoms. The second-order valence-corrected chi connectivity index (χ2v) is 2.20. The van der Waals surface area contributed by atoms with Crippen molar-refractivity contribution in [3.05, 3.63) is 0 Å². The van der Waals surface area contributed by atoms with Crippen LogP contribution in [0.3, 0.4) is 0 Å². The van der Waals surface area contributed by atoms with E-state index < -0.39 is 12.3 Å². The van der Waals surface area contributed by atoms with Gasteiger partial charge in [0.25, 0.3) is 0 Å². The van der Waals surface area contributed by atoms with Gasteiger partial charge >= 0.3 is 6.18 Å². The lowest BCUT2D eigenvalue weighted by molar-refractivity contribution is -0.212. The average molecular weight is 168 g/mol. The molecule has 1 rings (SSSR count). The molecule has 1 aliphatic rings. The van der Waals surface area contributed by atoms with E-state index in [1.807, 2.05) is 0 Å². The molecule has 0 aromatic heterocycles. The first-order chi connectivity index (χ1) is 5.04. The van der Waals surface area contributed by atoms with Crippen molar-refractivity contribution in [2.45, 2.75) is 18.7 Å². The van der Waals surface area contributed by atoms with Crippen LogP contribution in [0.5, 0.6) is 0 Å².